The Balaban J connectivity index is 1.99. The van der Waals surface area contributed by atoms with Gasteiger partial charge in [-0.2, -0.15) is 0 Å². The summed E-state index contributed by atoms with van der Waals surface area (Å²) >= 11 is 0. The summed E-state index contributed by atoms with van der Waals surface area (Å²) in [5, 5.41) is 3.30. The molecule has 1 aliphatic heterocycles. The van der Waals surface area contributed by atoms with Gasteiger partial charge in [0.2, 0.25) is 0 Å². The molecule has 1 aromatic rings. The third-order valence-corrected chi connectivity index (χ3v) is 3.89. The molecule has 1 aliphatic rings. The molecule has 0 aromatic heterocycles. The lowest BCUT2D eigenvalue weighted by atomic mass is 9.81. The first-order chi connectivity index (χ1) is 8.17. The fourth-order valence-corrected chi connectivity index (χ4v) is 2.69. The Morgan fingerprint density at radius 3 is 2.82 bits per heavy atom. The summed E-state index contributed by atoms with van der Waals surface area (Å²) in [4.78, 5) is 0. The summed E-state index contributed by atoms with van der Waals surface area (Å²) < 4.78 is 6.02. The van der Waals surface area contributed by atoms with Crippen molar-refractivity contribution in [2.24, 2.45) is 5.41 Å². The van der Waals surface area contributed by atoms with Crippen molar-refractivity contribution in [2.45, 2.75) is 39.2 Å². The molecule has 0 aliphatic carbocycles. The van der Waals surface area contributed by atoms with Crippen LogP contribution < -0.4 is 10.1 Å². The molecule has 17 heavy (non-hydrogen) atoms. The van der Waals surface area contributed by atoms with E-state index in [4.69, 9.17) is 4.74 Å². The number of hydrogen-bond acceptors (Lipinski definition) is 2. The summed E-state index contributed by atoms with van der Waals surface area (Å²) in [6.45, 7) is 5.66. The summed E-state index contributed by atoms with van der Waals surface area (Å²) in [6, 6.07) is 8.40. The van der Waals surface area contributed by atoms with E-state index in [9.17, 15) is 0 Å². The van der Waals surface area contributed by atoms with Crippen LogP contribution in [0.25, 0.3) is 0 Å². The molecule has 0 saturated carbocycles. The zero-order valence-electron chi connectivity index (χ0n) is 11.1. The number of nitrogens with one attached hydrogen (secondary N) is 1. The highest BCUT2D eigenvalue weighted by Gasteiger charge is 2.30. The second-order valence-electron chi connectivity index (χ2n) is 5.45. The van der Waals surface area contributed by atoms with Crippen LogP contribution in [0.4, 0.5) is 0 Å². The van der Waals surface area contributed by atoms with Crippen molar-refractivity contribution in [3.05, 3.63) is 29.8 Å². The Hall–Kier alpha value is -1.02. The summed E-state index contributed by atoms with van der Waals surface area (Å²) in [6.07, 6.45) is 3.73. The van der Waals surface area contributed by atoms with Crippen molar-refractivity contribution < 1.29 is 4.74 Å². The van der Waals surface area contributed by atoms with E-state index in [0.717, 1.165) is 25.1 Å². The Labute approximate surface area is 104 Å². The molecule has 1 N–H and O–H groups in total. The lowest BCUT2D eigenvalue weighted by Gasteiger charge is -2.30. The van der Waals surface area contributed by atoms with Crippen molar-refractivity contribution in [3.8, 4) is 5.75 Å². The SMILES string of the molecule is CCC(C)(CNC)CC1Cc2ccccc2O1. The van der Waals surface area contributed by atoms with Crippen molar-refractivity contribution in [1.82, 2.24) is 5.32 Å². The minimum atomic E-state index is 0.335. The van der Waals surface area contributed by atoms with Crippen LogP contribution in [-0.4, -0.2) is 19.7 Å². The Morgan fingerprint density at radius 2 is 2.18 bits per heavy atom. The van der Waals surface area contributed by atoms with Gasteiger partial charge in [-0.15, -0.1) is 0 Å². The largest absolute Gasteiger partial charge is 0.490 e. The number of rotatable bonds is 5. The molecule has 2 atom stereocenters. The van der Waals surface area contributed by atoms with E-state index < -0.39 is 0 Å². The van der Waals surface area contributed by atoms with Gasteiger partial charge in [-0.05, 0) is 36.9 Å². The van der Waals surface area contributed by atoms with Crippen molar-refractivity contribution in [3.63, 3.8) is 0 Å². The van der Waals surface area contributed by atoms with Gasteiger partial charge in [0.05, 0.1) is 0 Å². The molecule has 1 aromatic carbocycles. The van der Waals surface area contributed by atoms with Gasteiger partial charge in [0.15, 0.2) is 0 Å². The van der Waals surface area contributed by atoms with Crippen LogP contribution in [0.3, 0.4) is 0 Å². The fraction of sp³-hybridized carbons (Fsp3) is 0.600. The predicted octanol–water partition coefficient (Wildman–Crippen LogP) is 3.02. The van der Waals surface area contributed by atoms with E-state index in [1.807, 2.05) is 13.1 Å². The molecule has 0 bridgehead atoms. The Bertz CT molecular complexity index is 352. The van der Waals surface area contributed by atoms with E-state index >= 15 is 0 Å². The standard InChI is InChI=1S/C15H23NO/c1-4-15(2,11-16-3)10-13-9-12-7-5-6-8-14(12)17-13/h5-8,13,16H,4,9-11H2,1-3H3. The summed E-state index contributed by atoms with van der Waals surface area (Å²) in [5.41, 5.74) is 1.70. The van der Waals surface area contributed by atoms with Gasteiger partial charge >= 0.3 is 0 Å². The molecule has 0 radical (unpaired) electrons. The van der Waals surface area contributed by atoms with Crippen LogP contribution in [0.5, 0.6) is 5.75 Å². The lowest BCUT2D eigenvalue weighted by Crippen LogP contribution is -2.34. The minimum absolute atomic E-state index is 0.335. The second-order valence-corrected chi connectivity index (χ2v) is 5.45. The maximum absolute atomic E-state index is 6.02. The van der Waals surface area contributed by atoms with E-state index in [-0.39, 0.29) is 0 Å². The van der Waals surface area contributed by atoms with Crippen molar-refractivity contribution in [2.75, 3.05) is 13.6 Å². The summed E-state index contributed by atoms with van der Waals surface area (Å²) in [5.74, 6) is 1.08. The van der Waals surface area contributed by atoms with Gasteiger partial charge in [-0.1, -0.05) is 32.0 Å². The van der Waals surface area contributed by atoms with Crippen LogP contribution in [0.15, 0.2) is 24.3 Å². The second kappa shape index (κ2) is 5.09. The Morgan fingerprint density at radius 1 is 1.41 bits per heavy atom. The first-order valence-electron chi connectivity index (χ1n) is 6.56. The average molecular weight is 233 g/mol. The molecular weight excluding hydrogens is 210 g/mol. The zero-order chi connectivity index (χ0) is 12.3. The van der Waals surface area contributed by atoms with Crippen molar-refractivity contribution in [1.29, 1.82) is 0 Å². The Kier molecular flexibility index (Phi) is 3.72. The molecule has 2 rings (SSSR count). The summed E-state index contributed by atoms with van der Waals surface area (Å²) in [7, 11) is 2.03. The topological polar surface area (TPSA) is 21.3 Å². The van der Waals surface area contributed by atoms with Gasteiger partial charge in [0.25, 0.3) is 0 Å². The molecular formula is C15H23NO. The van der Waals surface area contributed by atoms with Crippen LogP contribution >= 0.6 is 0 Å². The van der Waals surface area contributed by atoms with Crippen LogP contribution in [-0.2, 0) is 6.42 Å². The lowest BCUT2D eigenvalue weighted by molar-refractivity contribution is 0.141. The predicted molar refractivity (Wildman–Crippen MR) is 71.5 cm³/mol. The van der Waals surface area contributed by atoms with Gasteiger partial charge in [-0.3, -0.25) is 0 Å². The zero-order valence-corrected chi connectivity index (χ0v) is 11.1. The van der Waals surface area contributed by atoms with Crippen molar-refractivity contribution >= 4 is 0 Å². The normalized spacial score (nSPS) is 21.7. The number of benzene rings is 1. The first-order valence-corrected chi connectivity index (χ1v) is 6.56. The van der Waals surface area contributed by atoms with Gasteiger partial charge in [0.1, 0.15) is 11.9 Å². The molecule has 0 fully saturated rings. The van der Waals surface area contributed by atoms with E-state index in [1.165, 1.54) is 12.0 Å². The van der Waals surface area contributed by atoms with E-state index in [2.05, 4.69) is 37.4 Å². The first kappa shape index (κ1) is 12.4. The molecule has 0 amide bonds. The van der Waals surface area contributed by atoms with Gasteiger partial charge < -0.3 is 10.1 Å². The monoisotopic (exact) mass is 233 g/mol. The highest BCUT2D eigenvalue weighted by Crippen LogP contribution is 2.35. The van der Waals surface area contributed by atoms with E-state index in [1.54, 1.807) is 0 Å². The maximum atomic E-state index is 6.02. The fourth-order valence-electron chi connectivity index (χ4n) is 2.69. The molecule has 94 valence electrons. The molecule has 0 saturated heterocycles. The minimum Gasteiger partial charge on any atom is -0.490 e. The highest BCUT2D eigenvalue weighted by molar-refractivity contribution is 5.37. The van der Waals surface area contributed by atoms with E-state index in [0.29, 0.717) is 11.5 Å². The molecule has 2 unspecified atom stereocenters. The number of ether oxygens (including phenoxy) is 1. The number of hydrogen-bond donors (Lipinski definition) is 1. The smallest absolute Gasteiger partial charge is 0.123 e. The van der Waals surface area contributed by atoms with Gasteiger partial charge in [-0.25, -0.2) is 0 Å². The third-order valence-electron chi connectivity index (χ3n) is 3.89. The third kappa shape index (κ3) is 2.81. The molecule has 2 heteroatoms. The molecule has 0 spiro atoms. The number of para-hydroxylation sites is 1. The quantitative estimate of drug-likeness (QED) is 0.844. The average Bonchev–Trinajstić information content (AvgIpc) is 2.71. The molecule has 1 heterocycles. The van der Waals surface area contributed by atoms with Crippen LogP contribution in [0.2, 0.25) is 0 Å². The van der Waals surface area contributed by atoms with Crippen LogP contribution in [0.1, 0.15) is 32.3 Å². The maximum Gasteiger partial charge on any atom is 0.123 e. The number of fused-ring (bicyclic) bond motifs is 1. The highest BCUT2D eigenvalue weighted by atomic mass is 16.5. The van der Waals surface area contributed by atoms with Gasteiger partial charge in [0, 0.05) is 13.0 Å². The molecule has 2 nitrogen and oxygen atoms in total. The van der Waals surface area contributed by atoms with Crippen LogP contribution in [0, 0.1) is 5.41 Å².